The van der Waals surface area contributed by atoms with Gasteiger partial charge in [0, 0.05) is 23.7 Å². The van der Waals surface area contributed by atoms with Crippen LogP contribution in [0.5, 0.6) is 0 Å². The summed E-state index contributed by atoms with van der Waals surface area (Å²) in [5, 5.41) is 2.73. The van der Waals surface area contributed by atoms with Gasteiger partial charge in [0.25, 0.3) is 5.91 Å². The van der Waals surface area contributed by atoms with Crippen LogP contribution in [0.3, 0.4) is 0 Å². The fraction of sp³-hybridized carbons (Fsp3) is 0.333. The Hall–Kier alpha value is -1.65. The number of hydrogen-bond acceptors (Lipinski definition) is 3. The Bertz CT molecular complexity index is 656. The lowest BCUT2D eigenvalue weighted by Gasteiger charge is -2.19. The van der Waals surface area contributed by atoms with Gasteiger partial charge in [-0.25, -0.2) is 5.06 Å². The second kappa shape index (κ2) is 5.77. The first-order valence-corrected chi connectivity index (χ1v) is 6.73. The van der Waals surface area contributed by atoms with Crippen LogP contribution in [0.4, 0.5) is 0 Å². The first kappa shape index (κ1) is 14.8. The number of pyridine rings is 1. The van der Waals surface area contributed by atoms with E-state index in [-0.39, 0.29) is 11.8 Å². The monoisotopic (exact) mass is 292 g/mol. The number of nitrogens with zero attached hydrogens (tertiary/aromatic N) is 2. The van der Waals surface area contributed by atoms with E-state index in [0.717, 1.165) is 16.5 Å². The second-order valence-electron chi connectivity index (χ2n) is 4.89. The fourth-order valence-electron chi connectivity index (χ4n) is 2.23. The molecule has 4 nitrogen and oxygen atoms in total. The molecule has 1 heterocycles. The Morgan fingerprint density at radius 2 is 2.10 bits per heavy atom. The summed E-state index contributed by atoms with van der Waals surface area (Å²) in [5.74, 6) is -0.0475. The van der Waals surface area contributed by atoms with Gasteiger partial charge in [0.2, 0.25) is 0 Å². The molecule has 0 fully saturated rings. The average Bonchev–Trinajstić information content (AvgIpc) is 2.43. The molecule has 0 saturated carbocycles. The summed E-state index contributed by atoms with van der Waals surface area (Å²) in [6.07, 6.45) is 1.60. The summed E-state index contributed by atoms with van der Waals surface area (Å²) < 4.78 is 0. The number of rotatable bonds is 3. The Balaban J connectivity index is 2.72. The van der Waals surface area contributed by atoms with Crippen LogP contribution in [0.2, 0.25) is 5.02 Å². The van der Waals surface area contributed by atoms with Crippen LogP contribution >= 0.6 is 11.6 Å². The molecular formula is C15H17ClN2O2. The van der Waals surface area contributed by atoms with E-state index in [1.807, 2.05) is 26.0 Å². The van der Waals surface area contributed by atoms with Gasteiger partial charge in [-0.2, -0.15) is 0 Å². The van der Waals surface area contributed by atoms with Crippen molar-refractivity contribution >= 4 is 28.4 Å². The highest BCUT2D eigenvalue weighted by Gasteiger charge is 2.20. The third kappa shape index (κ3) is 2.62. The zero-order valence-corrected chi connectivity index (χ0v) is 12.7. The highest BCUT2D eigenvalue weighted by molar-refractivity contribution is 6.31. The Kier molecular flexibility index (Phi) is 4.26. The average molecular weight is 293 g/mol. The highest BCUT2D eigenvalue weighted by Crippen LogP contribution is 2.30. The van der Waals surface area contributed by atoms with E-state index in [1.54, 1.807) is 19.3 Å². The summed E-state index contributed by atoms with van der Waals surface area (Å²) in [6.45, 7) is 4.08. The number of hydroxylamine groups is 2. The number of halogens is 1. The maximum Gasteiger partial charge on any atom is 0.279 e. The molecule has 0 atom stereocenters. The number of aromatic nitrogens is 1. The molecule has 0 aliphatic carbocycles. The smallest absolute Gasteiger partial charge is 0.274 e. The predicted octanol–water partition coefficient (Wildman–Crippen LogP) is 3.65. The summed E-state index contributed by atoms with van der Waals surface area (Å²) in [7, 11) is 3.03. The normalized spacial score (nSPS) is 11.1. The summed E-state index contributed by atoms with van der Waals surface area (Å²) in [5.41, 5.74) is 2.31. The van der Waals surface area contributed by atoms with E-state index in [2.05, 4.69) is 4.98 Å². The molecule has 1 aromatic carbocycles. The number of benzene rings is 1. The lowest BCUT2D eigenvalue weighted by atomic mass is 9.93. The van der Waals surface area contributed by atoms with Crippen molar-refractivity contribution < 1.29 is 9.63 Å². The van der Waals surface area contributed by atoms with Gasteiger partial charge in [0.1, 0.15) is 0 Å². The van der Waals surface area contributed by atoms with Gasteiger partial charge in [0.05, 0.1) is 18.2 Å². The van der Waals surface area contributed by atoms with Gasteiger partial charge in [-0.05, 0) is 29.7 Å². The van der Waals surface area contributed by atoms with E-state index in [9.17, 15) is 4.79 Å². The van der Waals surface area contributed by atoms with Crippen LogP contribution in [0, 0.1) is 0 Å². The number of carbonyl (C=O) groups is 1. The molecule has 0 aliphatic rings. The van der Waals surface area contributed by atoms with Crippen molar-refractivity contribution in [1.29, 1.82) is 0 Å². The third-order valence-corrected chi connectivity index (χ3v) is 3.47. The van der Waals surface area contributed by atoms with Gasteiger partial charge >= 0.3 is 0 Å². The van der Waals surface area contributed by atoms with Crippen molar-refractivity contribution in [3.8, 4) is 0 Å². The number of fused-ring (bicyclic) bond motifs is 1. The summed E-state index contributed by atoms with van der Waals surface area (Å²) in [6, 6.07) is 5.50. The first-order chi connectivity index (χ1) is 9.45. The molecule has 0 spiro atoms. The van der Waals surface area contributed by atoms with E-state index in [1.165, 1.54) is 12.2 Å². The van der Waals surface area contributed by atoms with Crippen LogP contribution in [0.1, 0.15) is 35.7 Å². The first-order valence-electron chi connectivity index (χ1n) is 6.36. The minimum atomic E-state index is -0.217. The largest absolute Gasteiger partial charge is 0.279 e. The Labute approximate surface area is 123 Å². The number of amides is 1. The van der Waals surface area contributed by atoms with Gasteiger partial charge < -0.3 is 0 Å². The van der Waals surface area contributed by atoms with Crippen LogP contribution in [0.15, 0.2) is 24.4 Å². The van der Waals surface area contributed by atoms with Crippen LogP contribution in [-0.4, -0.2) is 30.1 Å². The minimum absolute atomic E-state index is 0.170. The topological polar surface area (TPSA) is 42.4 Å². The minimum Gasteiger partial charge on any atom is -0.274 e. The molecule has 0 N–H and O–H groups in total. The SMILES string of the molecule is CON(C)C(=O)c1cnc2ccc(Cl)cc2c1C(C)C. The van der Waals surface area contributed by atoms with Crippen LogP contribution in [0.25, 0.3) is 10.9 Å². The zero-order chi connectivity index (χ0) is 14.9. The molecular weight excluding hydrogens is 276 g/mol. The lowest BCUT2D eigenvalue weighted by Crippen LogP contribution is -2.26. The van der Waals surface area contributed by atoms with Gasteiger partial charge in [0.15, 0.2) is 0 Å². The van der Waals surface area contributed by atoms with Crippen molar-refractivity contribution in [2.24, 2.45) is 0 Å². The van der Waals surface area contributed by atoms with Crippen molar-refractivity contribution in [1.82, 2.24) is 10.0 Å². The molecule has 0 radical (unpaired) electrons. The second-order valence-corrected chi connectivity index (χ2v) is 5.32. The van der Waals surface area contributed by atoms with E-state index in [4.69, 9.17) is 16.4 Å². The van der Waals surface area contributed by atoms with Crippen molar-refractivity contribution in [2.75, 3.05) is 14.2 Å². The predicted molar refractivity (Wildman–Crippen MR) is 79.9 cm³/mol. The molecule has 0 bridgehead atoms. The lowest BCUT2D eigenvalue weighted by molar-refractivity contribution is -0.0757. The highest BCUT2D eigenvalue weighted by atomic mass is 35.5. The van der Waals surface area contributed by atoms with Crippen molar-refractivity contribution in [2.45, 2.75) is 19.8 Å². The molecule has 0 aliphatic heterocycles. The quantitative estimate of drug-likeness (QED) is 0.811. The Morgan fingerprint density at radius 1 is 1.40 bits per heavy atom. The van der Waals surface area contributed by atoms with Crippen LogP contribution in [-0.2, 0) is 4.84 Å². The fourth-order valence-corrected chi connectivity index (χ4v) is 2.40. The molecule has 5 heteroatoms. The Morgan fingerprint density at radius 3 is 2.70 bits per heavy atom. The number of carbonyl (C=O) groups excluding carboxylic acids is 1. The van der Waals surface area contributed by atoms with E-state index >= 15 is 0 Å². The molecule has 2 rings (SSSR count). The molecule has 1 aromatic heterocycles. The summed E-state index contributed by atoms with van der Waals surface area (Å²) in [4.78, 5) is 21.7. The molecule has 0 saturated heterocycles. The molecule has 0 unspecified atom stereocenters. The maximum atomic E-state index is 12.4. The van der Waals surface area contributed by atoms with Gasteiger partial charge in [-0.3, -0.25) is 14.6 Å². The standard InChI is InChI=1S/C15H17ClN2O2/c1-9(2)14-11-7-10(16)5-6-13(11)17-8-12(14)15(19)18(3)20-4/h5-9H,1-4H3. The van der Waals surface area contributed by atoms with Gasteiger partial charge in [-0.15, -0.1) is 0 Å². The maximum absolute atomic E-state index is 12.4. The van der Waals surface area contributed by atoms with Crippen molar-refractivity contribution in [3.05, 3.63) is 40.5 Å². The molecule has 1 amide bonds. The molecule has 20 heavy (non-hydrogen) atoms. The molecule has 106 valence electrons. The van der Waals surface area contributed by atoms with Crippen LogP contribution < -0.4 is 0 Å². The number of hydrogen-bond donors (Lipinski definition) is 0. The van der Waals surface area contributed by atoms with E-state index < -0.39 is 0 Å². The van der Waals surface area contributed by atoms with Crippen molar-refractivity contribution in [3.63, 3.8) is 0 Å². The zero-order valence-electron chi connectivity index (χ0n) is 12.0. The van der Waals surface area contributed by atoms with Gasteiger partial charge in [-0.1, -0.05) is 25.4 Å². The molecule has 2 aromatic rings. The third-order valence-electron chi connectivity index (χ3n) is 3.24. The summed E-state index contributed by atoms with van der Waals surface area (Å²) >= 11 is 6.07. The van der Waals surface area contributed by atoms with E-state index in [0.29, 0.717) is 10.6 Å².